The first kappa shape index (κ1) is 19.5. The Hall–Kier alpha value is -4.82. The molecule has 0 amide bonds. The molecular formula is C34H21NO. The fraction of sp³-hybridized carbons (Fsp3) is 0. The van der Waals surface area contributed by atoms with E-state index in [1.807, 2.05) is 24.3 Å². The molecule has 8 rings (SSSR count). The van der Waals surface area contributed by atoms with Crippen molar-refractivity contribution in [1.82, 2.24) is 0 Å². The highest BCUT2D eigenvalue weighted by molar-refractivity contribution is 6.17. The van der Waals surface area contributed by atoms with Crippen molar-refractivity contribution in [1.29, 1.82) is 0 Å². The van der Waals surface area contributed by atoms with E-state index < -0.39 is 0 Å². The highest BCUT2D eigenvalue weighted by Gasteiger charge is 2.26. The molecule has 168 valence electrons. The van der Waals surface area contributed by atoms with E-state index in [0.717, 1.165) is 28.6 Å². The number of ether oxygens (including phenoxy) is 1. The lowest BCUT2D eigenvalue weighted by molar-refractivity contribution is 0.477. The van der Waals surface area contributed by atoms with Gasteiger partial charge in [0.15, 0.2) is 11.5 Å². The number of hydrogen-bond acceptors (Lipinski definition) is 2. The molecule has 0 unspecified atom stereocenters. The largest absolute Gasteiger partial charge is 0.453 e. The summed E-state index contributed by atoms with van der Waals surface area (Å²) in [6.07, 6.45) is 0. The summed E-state index contributed by atoms with van der Waals surface area (Å²) in [6, 6.07) is 45.5. The smallest absolute Gasteiger partial charge is 0.151 e. The van der Waals surface area contributed by atoms with Crippen molar-refractivity contribution in [2.24, 2.45) is 0 Å². The number of anilines is 3. The molecule has 0 atom stereocenters. The number of benzene rings is 7. The Kier molecular flexibility index (Phi) is 3.97. The van der Waals surface area contributed by atoms with Gasteiger partial charge in [-0.05, 0) is 92.3 Å². The molecular weight excluding hydrogens is 438 g/mol. The maximum atomic E-state index is 6.27. The second kappa shape index (κ2) is 7.34. The van der Waals surface area contributed by atoms with Crippen LogP contribution in [0.25, 0.3) is 43.1 Å². The lowest BCUT2D eigenvalue weighted by Gasteiger charge is -2.33. The fourth-order valence-corrected chi connectivity index (χ4v) is 5.67. The molecule has 0 aromatic heterocycles. The first-order valence-corrected chi connectivity index (χ1v) is 12.3. The van der Waals surface area contributed by atoms with Crippen LogP contribution in [-0.2, 0) is 0 Å². The van der Waals surface area contributed by atoms with Gasteiger partial charge in [-0.1, -0.05) is 72.8 Å². The molecule has 7 aromatic carbocycles. The Morgan fingerprint density at radius 1 is 0.361 bits per heavy atom. The van der Waals surface area contributed by atoms with Crippen molar-refractivity contribution in [2.75, 3.05) is 4.90 Å². The van der Waals surface area contributed by atoms with E-state index in [0.29, 0.717) is 0 Å². The van der Waals surface area contributed by atoms with Gasteiger partial charge >= 0.3 is 0 Å². The third-order valence-electron chi connectivity index (χ3n) is 7.35. The van der Waals surface area contributed by atoms with Crippen LogP contribution in [-0.4, -0.2) is 0 Å². The maximum Gasteiger partial charge on any atom is 0.151 e. The molecule has 2 heteroatoms. The summed E-state index contributed by atoms with van der Waals surface area (Å²) in [5, 5.41) is 10.1. The van der Waals surface area contributed by atoms with Crippen molar-refractivity contribution >= 4 is 60.2 Å². The Balaban J connectivity index is 1.46. The summed E-state index contributed by atoms with van der Waals surface area (Å²) in [6.45, 7) is 0. The minimum Gasteiger partial charge on any atom is -0.453 e. The third-order valence-corrected chi connectivity index (χ3v) is 7.35. The summed E-state index contributed by atoms with van der Waals surface area (Å²) in [7, 11) is 0. The van der Waals surface area contributed by atoms with Crippen LogP contribution in [0.2, 0.25) is 0 Å². The first-order valence-electron chi connectivity index (χ1n) is 12.3. The van der Waals surface area contributed by atoms with Crippen molar-refractivity contribution in [2.45, 2.75) is 0 Å². The predicted octanol–water partition coefficient (Wildman–Crippen LogP) is 9.87. The normalized spacial score (nSPS) is 12.6. The zero-order valence-electron chi connectivity index (χ0n) is 19.5. The molecule has 1 aliphatic heterocycles. The number of rotatable bonds is 1. The Morgan fingerprint density at radius 3 is 1.58 bits per heavy atom. The molecule has 0 bridgehead atoms. The molecule has 7 aromatic rings. The van der Waals surface area contributed by atoms with Crippen molar-refractivity contribution < 1.29 is 4.74 Å². The lowest BCUT2D eigenvalue weighted by atomic mass is 9.95. The summed E-state index contributed by atoms with van der Waals surface area (Å²) < 4.78 is 6.27. The summed E-state index contributed by atoms with van der Waals surface area (Å²) in [4.78, 5) is 2.34. The zero-order valence-corrected chi connectivity index (χ0v) is 19.5. The van der Waals surface area contributed by atoms with Crippen LogP contribution in [0, 0.1) is 0 Å². The zero-order chi connectivity index (χ0) is 23.6. The minimum absolute atomic E-state index is 0.867. The van der Waals surface area contributed by atoms with Crippen LogP contribution >= 0.6 is 0 Å². The van der Waals surface area contributed by atoms with Crippen LogP contribution in [0.4, 0.5) is 17.1 Å². The van der Waals surface area contributed by atoms with E-state index in [9.17, 15) is 0 Å². The minimum atomic E-state index is 0.867. The van der Waals surface area contributed by atoms with Gasteiger partial charge in [0.2, 0.25) is 0 Å². The standard InChI is InChI=1S/C34H21NO/c1-2-9-23-20-27-25(18-22(23)8-1)16-17-26-19-24-10-7-13-30(29(24)21-28(26)27)35-31-11-3-5-14-33(31)36-34-15-6-4-12-32(34)35/h1-21H. The van der Waals surface area contributed by atoms with Gasteiger partial charge in [0.1, 0.15) is 0 Å². The van der Waals surface area contributed by atoms with Crippen molar-refractivity contribution in [3.63, 3.8) is 0 Å². The topological polar surface area (TPSA) is 12.5 Å². The maximum absolute atomic E-state index is 6.27. The fourth-order valence-electron chi connectivity index (χ4n) is 5.67. The molecule has 2 nitrogen and oxygen atoms in total. The lowest BCUT2D eigenvalue weighted by Crippen LogP contribution is -2.15. The first-order chi connectivity index (χ1) is 17.8. The molecule has 0 saturated carbocycles. The van der Waals surface area contributed by atoms with E-state index >= 15 is 0 Å². The van der Waals surface area contributed by atoms with Gasteiger partial charge in [0.25, 0.3) is 0 Å². The van der Waals surface area contributed by atoms with E-state index in [2.05, 4.69) is 108 Å². The van der Waals surface area contributed by atoms with Gasteiger partial charge in [0, 0.05) is 5.39 Å². The Bertz CT molecular complexity index is 1940. The van der Waals surface area contributed by atoms with Crippen molar-refractivity contribution in [3.05, 3.63) is 127 Å². The van der Waals surface area contributed by atoms with E-state index in [1.165, 1.54) is 43.1 Å². The molecule has 0 aliphatic carbocycles. The molecule has 0 spiro atoms. The SMILES string of the molecule is c1ccc2c(c1)Oc1ccccc1N2c1cccc2cc3ccc4cc5ccccc5cc4c3cc12. The highest BCUT2D eigenvalue weighted by atomic mass is 16.5. The monoisotopic (exact) mass is 459 g/mol. The van der Waals surface area contributed by atoms with Crippen molar-refractivity contribution in [3.8, 4) is 11.5 Å². The number of nitrogens with zero attached hydrogens (tertiary/aromatic N) is 1. The Labute approximate surface area is 208 Å². The number of hydrogen-bond donors (Lipinski definition) is 0. The second-order valence-corrected chi connectivity index (χ2v) is 9.43. The summed E-state index contributed by atoms with van der Waals surface area (Å²) >= 11 is 0. The van der Waals surface area contributed by atoms with Gasteiger partial charge < -0.3 is 9.64 Å². The molecule has 0 radical (unpaired) electrons. The van der Waals surface area contributed by atoms with Crippen LogP contribution in [0.5, 0.6) is 11.5 Å². The van der Waals surface area contributed by atoms with Crippen LogP contribution in [0.1, 0.15) is 0 Å². The molecule has 0 fully saturated rings. The molecule has 0 saturated heterocycles. The average molecular weight is 460 g/mol. The van der Waals surface area contributed by atoms with Crippen LogP contribution in [0.3, 0.4) is 0 Å². The molecule has 36 heavy (non-hydrogen) atoms. The highest BCUT2D eigenvalue weighted by Crippen LogP contribution is 2.51. The second-order valence-electron chi connectivity index (χ2n) is 9.43. The average Bonchev–Trinajstić information content (AvgIpc) is 2.93. The van der Waals surface area contributed by atoms with E-state index in [1.54, 1.807) is 0 Å². The Morgan fingerprint density at radius 2 is 0.861 bits per heavy atom. The van der Waals surface area contributed by atoms with Gasteiger partial charge in [-0.25, -0.2) is 0 Å². The van der Waals surface area contributed by atoms with Gasteiger partial charge in [-0.2, -0.15) is 0 Å². The molecule has 1 heterocycles. The van der Waals surface area contributed by atoms with Crippen LogP contribution < -0.4 is 9.64 Å². The number of para-hydroxylation sites is 4. The summed E-state index contributed by atoms with van der Waals surface area (Å²) in [5.74, 6) is 1.73. The predicted molar refractivity (Wildman–Crippen MR) is 151 cm³/mol. The van der Waals surface area contributed by atoms with Gasteiger partial charge in [-0.15, -0.1) is 0 Å². The van der Waals surface area contributed by atoms with Gasteiger partial charge in [-0.3, -0.25) is 0 Å². The van der Waals surface area contributed by atoms with E-state index in [-0.39, 0.29) is 0 Å². The number of fused-ring (bicyclic) bond motifs is 7. The molecule has 1 aliphatic rings. The van der Waals surface area contributed by atoms with Gasteiger partial charge in [0.05, 0.1) is 17.1 Å². The third kappa shape index (κ3) is 2.79. The quantitative estimate of drug-likeness (QED) is 0.179. The van der Waals surface area contributed by atoms with E-state index in [4.69, 9.17) is 4.74 Å². The summed E-state index contributed by atoms with van der Waals surface area (Å²) in [5.41, 5.74) is 3.25. The molecule has 0 N–H and O–H groups in total. The van der Waals surface area contributed by atoms with Crippen LogP contribution in [0.15, 0.2) is 127 Å².